The van der Waals surface area contributed by atoms with E-state index in [9.17, 15) is 9.59 Å². The second-order valence-electron chi connectivity index (χ2n) is 5.95. The van der Waals surface area contributed by atoms with Crippen molar-refractivity contribution in [3.8, 4) is 0 Å². The van der Waals surface area contributed by atoms with Crippen LogP contribution in [-0.2, 0) is 11.3 Å². The van der Waals surface area contributed by atoms with Crippen molar-refractivity contribution in [2.45, 2.75) is 6.54 Å². The predicted octanol–water partition coefficient (Wildman–Crippen LogP) is 3.79. The molecule has 1 aromatic heterocycles. The lowest BCUT2D eigenvalue weighted by molar-refractivity contribution is -0.116. The van der Waals surface area contributed by atoms with Crippen molar-refractivity contribution >= 4 is 33.1 Å². The molecule has 0 unspecified atom stereocenters. The first kappa shape index (κ1) is 15.1. The van der Waals surface area contributed by atoms with Gasteiger partial charge in [-0.3, -0.25) is 9.59 Å². The van der Waals surface area contributed by atoms with Gasteiger partial charge in [0.1, 0.15) is 6.54 Å². The molecule has 0 saturated heterocycles. The van der Waals surface area contributed by atoms with Crippen molar-refractivity contribution in [3.63, 3.8) is 0 Å². The third-order valence-electron chi connectivity index (χ3n) is 4.23. The van der Waals surface area contributed by atoms with E-state index >= 15 is 0 Å². The fourth-order valence-electron chi connectivity index (χ4n) is 2.98. The highest BCUT2D eigenvalue weighted by Gasteiger charge is 2.08. The number of anilines is 1. The highest BCUT2D eigenvalue weighted by atomic mass is 16.2. The molecule has 4 heteroatoms. The van der Waals surface area contributed by atoms with E-state index in [0.29, 0.717) is 5.39 Å². The summed E-state index contributed by atoms with van der Waals surface area (Å²) in [5.41, 5.74) is 0.560. The van der Waals surface area contributed by atoms with E-state index in [1.165, 1.54) is 4.57 Å². The molecule has 0 spiro atoms. The van der Waals surface area contributed by atoms with E-state index in [2.05, 4.69) is 5.32 Å². The minimum absolute atomic E-state index is 0.0174. The lowest BCUT2D eigenvalue weighted by Gasteiger charge is -2.09. The molecule has 4 rings (SSSR count). The third-order valence-corrected chi connectivity index (χ3v) is 4.23. The lowest BCUT2D eigenvalue weighted by atomic mass is 10.1. The van der Waals surface area contributed by atoms with Crippen LogP contribution in [-0.4, -0.2) is 10.5 Å². The Bertz CT molecular complexity index is 1150. The molecule has 1 amide bonds. The minimum atomic E-state index is -0.229. The van der Waals surface area contributed by atoms with Crippen molar-refractivity contribution in [2.75, 3.05) is 5.32 Å². The summed E-state index contributed by atoms with van der Waals surface area (Å²) in [5, 5.41) is 6.52. The molecular weight excluding hydrogens is 312 g/mol. The average molecular weight is 328 g/mol. The van der Waals surface area contributed by atoms with Gasteiger partial charge in [-0.15, -0.1) is 0 Å². The third kappa shape index (κ3) is 3.02. The maximum absolute atomic E-state index is 12.5. The van der Waals surface area contributed by atoms with Crippen molar-refractivity contribution in [1.29, 1.82) is 0 Å². The fourth-order valence-corrected chi connectivity index (χ4v) is 2.98. The second-order valence-corrected chi connectivity index (χ2v) is 5.95. The zero-order valence-electron chi connectivity index (χ0n) is 13.5. The number of nitrogens with one attached hydrogen (secondary N) is 1. The van der Waals surface area contributed by atoms with Crippen molar-refractivity contribution < 1.29 is 4.79 Å². The summed E-state index contributed by atoms with van der Waals surface area (Å²) in [6.45, 7) is -0.0174. The predicted molar refractivity (Wildman–Crippen MR) is 101 cm³/mol. The summed E-state index contributed by atoms with van der Waals surface area (Å²) in [4.78, 5) is 24.8. The summed E-state index contributed by atoms with van der Waals surface area (Å²) in [7, 11) is 0. The Labute approximate surface area is 144 Å². The zero-order chi connectivity index (χ0) is 17.2. The second kappa shape index (κ2) is 6.24. The van der Waals surface area contributed by atoms with Gasteiger partial charge in [0.15, 0.2) is 0 Å². The number of fused-ring (bicyclic) bond motifs is 2. The number of benzene rings is 3. The normalized spacial score (nSPS) is 10.9. The topological polar surface area (TPSA) is 51.1 Å². The fraction of sp³-hybridized carbons (Fsp3) is 0.0476. The van der Waals surface area contributed by atoms with Gasteiger partial charge in [0.2, 0.25) is 5.91 Å². The van der Waals surface area contributed by atoms with Crippen LogP contribution in [0.4, 0.5) is 5.69 Å². The smallest absolute Gasteiger partial charge is 0.258 e. The Morgan fingerprint density at radius 2 is 1.56 bits per heavy atom. The van der Waals surface area contributed by atoms with Gasteiger partial charge in [-0.1, -0.05) is 48.5 Å². The average Bonchev–Trinajstić information content (AvgIpc) is 2.64. The largest absolute Gasteiger partial charge is 0.325 e. The van der Waals surface area contributed by atoms with Crippen molar-refractivity contribution in [1.82, 2.24) is 4.57 Å². The summed E-state index contributed by atoms with van der Waals surface area (Å²) >= 11 is 0. The number of rotatable bonds is 3. The Kier molecular flexibility index (Phi) is 3.78. The zero-order valence-corrected chi connectivity index (χ0v) is 13.5. The lowest BCUT2D eigenvalue weighted by Crippen LogP contribution is -2.27. The standard InChI is InChI=1S/C21H16N2O2/c24-20(22-18-10-9-15-5-1-2-7-17(15)13-18)14-23-12-11-16-6-3-4-8-19(16)21(23)25/h1-13H,14H2,(H,22,24). The molecule has 0 aliphatic heterocycles. The summed E-state index contributed by atoms with van der Waals surface area (Å²) < 4.78 is 1.43. The molecule has 122 valence electrons. The van der Waals surface area contributed by atoms with Crippen LogP contribution >= 0.6 is 0 Å². The minimum Gasteiger partial charge on any atom is -0.325 e. The van der Waals surface area contributed by atoms with E-state index < -0.39 is 0 Å². The van der Waals surface area contributed by atoms with Gasteiger partial charge in [0, 0.05) is 17.3 Å². The van der Waals surface area contributed by atoms with Crippen LogP contribution in [0.3, 0.4) is 0 Å². The van der Waals surface area contributed by atoms with E-state index in [-0.39, 0.29) is 18.0 Å². The number of nitrogens with zero attached hydrogens (tertiary/aromatic N) is 1. The molecule has 0 bridgehead atoms. The van der Waals surface area contributed by atoms with E-state index in [1.54, 1.807) is 12.3 Å². The van der Waals surface area contributed by atoms with Crippen LogP contribution in [0.1, 0.15) is 0 Å². The number of aromatic nitrogens is 1. The van der Waals surface area contributed by atoms with Gasteiger partial charge in [0.05, 0.1) is 0 Å². The Balaban J connectivity index is 1.57. The molecule has 1 N–H and O–H groups in total. The Morgan fingerprint density at radius 3 is 2.40 bits per heavy atom. The SMILES string of the molecule is O=C(Cn1ccc2ccccc2c1=O)Nc1ccc2ccccc2c1. The Morgan fingerprint density at radius 1 is 0.840 bits per heavy atom. The number of amides is 1. The molecule has 1 heterocycles. The number of carbonyl (C=O) groups is 1. The van der Waals surface area contributed by atoms with Gasteiger partial charge in [0.25, 0.3) is 5.56 Å². The number of pyridine rings is 1. The molecule has 0 saturated carbocycles. The van der Waals surface area contributed by atoms with E-state index in [4.69, 9.17) is 0 Å². The quantitative estimate of drug-likeness (QED) is 0.622. The van der Waals surface area contributed by atoms with Crippen LogP contribution in [0.2, 0.25) is 0 Å². The van der Waals surface area contributed by atoms with Crippen LogP contribution < -0.4 is 10.9 Å². The highest BCUT2D eigenvalue weighted by molar-refractivity contribution is 5.94. The molecule has 0 aliphatic rings. The van der Waals surface area contributed by atoms with Crippen LogP contribution in [0.15, 0.2) is 83.8 Å². The van der Waals surface area contributed by atoms with Gasteiger partial charge in [-0.25, -0.2) is 0 Å². The first-order valence-electron chi connectivity index (χ1n) is 8.07. The van der Waals surface area contributed by atoms with Crippen molar-refractivity contribution in [2.24, 2.45) is 0 Å². The number of hydrogen-bond donors (Lipinski definition) is 1. The highest BCUT2D eigenvalue weighted by Crippen LogP contribution is 2.18. The Hall–Kier alpha value is -3.40. The first-order chi connectivity index (χ1) is 12.2. The molecule has 0 aliphatic carbocycles. The number of carbonyl (C=O) groups excluding carboxylic acids is 1. The molecule has 4 nitrogen and oxygen atoms in total. The molecule has 25 heavy (non-hydrogen) atoms. The van der Waals surface area contributed by atoms with Gasteiger partial charge in [-0.05, 0) is 40.4 Å². The number of hydrogen-bond acceptors (Lipinski definition) is 2. The summed E-state index contributed by atoms with van der Waals surface area (Å²) in [6, 6.07) is 22.9. The molecule has 0 atom stereocenters. The monoisotopic (exact) mass is 328 g/mol. The van der Waals surface area contributed by atoms with E-state index in [0.717, 1.165) is 21.8 Å². The van der Waals surface area contributed by atoms with Crippen LogP contribution in [0.25, 0.3) is 21.5 Å². The molecule has 3 aromatic carbocycles. The first-order valence-corrected chi connectivity index (χ1v) is 8.07. The maximum Gasteiger partial charge on any atom is 0.258 e. The molecular formula is C21H16N2O2. The maximum atomic E-state index is 12.5. The van der Waals surface area contributed by atoms with Gasteiger partial charge < -0.3 is 9.88 Å². The molecule has 4 aromatic rings. The van der Waals surface area contributed by atoms with Crippen LogP contribution in [0, 0.1) is 0 Å². The molecule has 0 fully saturated rings. The van der Waals surface area contributed by atoms with Gasteiger partial charge in [-0.2, -0.15) is 0 Å². The van der Waals surface area contributed by atoms with Crippen molar-refractivity contribution in [3.05, 3.63) is 89.3 Å². The molecule has 0 radical (unpaired) electrons. The van der Waals surface area contributed by atoms with Crippen LogP contribution in [0.5, 0.6) is 0 Å². The van der Waals surface area contributed by atoms with E-state index in [1.807, 2.05) is 66.7 Å². The van der Waals surface area contributed by atoms with Gasteiger partial charge >= 0.3 is 0 Å². The summed E-state index contributed by atoms with van der Waals surface area (Å²) in [5.74, 6) is -0.229. The summed E-state index contributed by atoms with van der Waals surface area (Å²) in [6.07, 6.45) is 1.66.